The summed E-state index contributed by atoms with van der Waals surface area (Å²) in [7, 11) is 0. The van der Waals surface area contributed by atoms with Gasteiger partial charge < -0.3 is 18.9 Å². The van der Waals surface area contributed by atoms with Gasteiger partial charge in [-0.05, 0) is 55.3 Å². The average molecular weight is 540 g/mol. The van der Waals surface area contributed by atoms with E-state index in [4.69, 9.17) is 32.7 Å². The Balaban J connectivity index is 1.19. The summed E-state index contributed by atoms with van der Waals surface area (Å²) in [5.74, 6) is 0.365. The Bertz CT molecular complexity index is 1310. The van der Waals surface area contributed by atoms with Crippen LogP contribution in [0.5, 0.6) is 5.75 Å². The molecular formula is C27H27Cl2N5O3. The Labute approximate surface area is 225 Å². The van der Waals surface area contributed by atoms with E-state index in [9.17, 15) is 10.1 Å². The third kappa shape index (κ3) is 6.03. The topological polar surface area (TPSA) is 82.8 Å². The zero-order valence-corrected chi connectivity index (χ0v) is 21.7. The quantitative estimate of drug-likeness (QED) is 0.456. The van der Waals surface area contributed by atoms with Crippen LogP contribution in [-0.2, 0) is 4.74 Å². The lowest BCUT2D eigenvalue weighted by Gasteiger charge is -2.41. The second-order valence-corrected chi connectivity index (χ2v) is 9.89. The molecule has 2 fully saturated rings. The molecule has 0 unspecified atom stereocenters. The highest BCUT2D eigenvalue weighted by Gasteiger charge is 2.27. The first-order chi connectivity index (χ1) is 18.0. The highest BCUT2D eigenvalue weighted by molar-refractivity contribution is 6.42. The number of hydrogen-bond donors (Lipinski definition) is 1. The van der Waals surface area contributed by atoms with E-state index in [2.05, 4.69) is 21.2 Å². The predicted octanol–water partition coefficient (Wildman–Crippen LogP) is 5.57. The lowest BCUT2D eigenvalue weighted by atomic mass is 10.0. The number of hydrogen-bond acceptors (Lipinski definition) is 6. The average Bonchev–Trinajstić information content (AvgIpc) is 3.39. The summed E-state index contributed by atoms with van der Waals surface area (Å²) in [6.07, 6.45) is 4.89. The maximum Gasteiger partial charge on any atom is 0.417 e. The Morgan fingerprint density at radius 3 is 2.54 bits per heavy atom. The Kier molecular flexibility index (Phi) is 7.87. The first-order valence-electron chi connectivity index (χ1n) is 12.2. The van der Waals surface area contributed by atoms with Gasteiger partial charge >= 0.3 is 6.09 Å². The second kappa shape index (κ2) is 11.4. The molecule has 1 N–H and O–H groups in total. The number of carbonyl (C=O) groups is 1. The van der Waals surface area contributed by atoms with Crippen molar-refractivity contribution in [3.8, 4) is 17.5 Å². The van der Waals surface area contributed by atoms with E-state index in [1.807, 2.05) is 12.1 Å². The summed E-state index contributed by atoms with van der Waals surface area (Å²) in [6.45, 7) is 5.37. The normalized spacial score (nSPS) is 16.8. The van der Waals surface area contributed by atoms with Crippen molar-refractivity contribution in [2.24, 2.45) is 0 Å². The number of benzene rings is 2. The van der Waals surface area contributed by atoms with Crippen LogP contribution in [0.3, 0.4) is 0 Å². The molecule has 192 valence electrons. The fourth-order valence-corrected chi connectivity index (χ4v) is 5.18. The molecule has 5 rings (SSSR count). The van der Waals surface area contributed by atoms with Gasteiger partial charge in [-0.1, -0.05) is 23.2 Å². The predicted molar refractivity (Wildman–Crippen MR) is 144 cm³/mol. The van der Waals surface area contributed by atoms with E-state index < -0.39 is 6.09 Å². The highest BCUT2D eigenvalue weighted by Crippen LogP contribution is 2.29. The smallest absolute Gasteiger partial charge is 0.408 e. The number of anilines is 2. The Hall–Kier alpha value is -3.22. The number of amides is 1. The minimum absolute atomic E-state index is 0.365. The fourth-order valence-electron chi connectivity index (χ4n) is 4.89. The van der Waals surface area contributed by atoms with E-state index in [0.717, 1.165) is 63.6 Å². The molecule has 3 aromatic rings. The van der Waals surface area contributed by atoms with Crippen LogP contribution >= 0.6 is 23.2 Å². The molecule has 1 amide bonds. The van der Waals surface area contributed by atoms with Crippen molar-refractivity contribution >= 4 is 40.7 Å². The Morgan fingerprint density at radius 2 is 1.81 bits per heavy atom. The second-order valence-electron chi connectivity index (χ2n) is 9.08. The highest BCUT2D eigenvalue weighted by atomic mass is 35.5. The summed E-state index contributed by atoms with van der Waals surface area (Å²) in [5, 5.41) is 13.4. The van der Waals surface area contributed by atoms with Gasteiger partial charge in [0.05, 0.1) is 40.7 Å². The van der Waals surface area contributed by atoms with E-state index in [1.54, 1.807) is 47.3 Å². The van der Waals surface area contributed by atoms with E-state index >= 15 is 0 Å². The van der Waals surface area contributed by atoms with Crippen molar-refractivity contribution < 1.29 is 14.3 Å². The first-order valence-corrected chi connectivity index (χ1v) is 13.0. The number of ether oxygens (including phenoxy) is 2. The molecule has 2 saturated heterocycles. The number of carbonyl (C=O) groups excluding carboxylic acids is 1. The van der Waals surface area contributed by atoms with Gasteiger partial charge in [-0.3, -0.25) is 10.2 Å². The molecule has 0 aliphatic carbocycles. The first kappa shape index (κ1) is 25.4. The van der Waals surface area contributed by atoms with Crippen LogP contribution in [0, 0.1) is 11.3 Å². The van der Waals surface area contributed by atoms with Gasteiger partial charge in [-0.2, -0.15) is 5.26 Å². The SMILES string of the molecule is N#Cc1cc(NC(=O)Oc2ccn(-c3ccc(Cl)c(Cl)c3)c2)ccc1N1CCC(N2CCOCC2)CC1. The van der Waals surface area contributed by atoms with E-state index in [-0.39, 0.29) is 0 Å². The van der Waals surface area contributed by atoms with E-state index in [1.165, 1.54) is 0 Å². The summed E-state index contributed by atoms with van der Waals surface area (Å²) < 4.78 is 12.7. The minimum atomic E-state index is -0.644. The van der Waals surface area contributed by atoms with Crippen molar-refractivity contribution in [1.29, 1.82) is 5.26 Å². The molecule has 0 atom stereocenters. The van der Waals surface area contributed by atoms with Crippen molar-refractivity contribution in [2.45, 2.75) is 18.9 Å². The largest absolute Gasteiger partial charge is 0.417 e. The zero-order valence-electron chi connectivity index (χ0n) is 20.2. The molecule has 0 bridgehead atoms. The molecule has 8 nitrogen and oxygen atoms in total. The van der Waals surface area contributed by atoms with Crippen molar-refractivity contribution in [3.05, 3.63) is 70.5 Å². The van der Waals surface area contributed by atoms with Crippen LogP contribution in [0.25, 0.3) is 5.69 Å². The molecule has 0 saturated carbocycles. The molecule has 0 spiro atoms. The molecule has 1 aromatic heterocycles. The number of rotatable bonds is 5. The number of aromatic nitrogens is 1. The van der Waals surface area contributed by atoms with Gasteiger partial charge in [0.2, 0.25) is 0 Å². The lowest BCUT2D eigenvalue weighted by molar-refractivity contribution is 0.0115. The van der Waals surface area contributed by atoms with Crippen LogP contribution in [0.4, 0.5) is 16.2 Å². The minimum Gasteiger partial charge on any atom is -0.408 e. The summed E-state index contributed by atoms with van der Waals surface area (Å²) in [4.78, 5) is 17.3. The third-order valence-electron chi connectivity index (χ3n) is 6.81. The molecule has 37 heavy (non-hydrogen) atoms. The van der Waals surface area contributed by atoms with Crippen molar-refractivity contribution in [3.63, 3.8) is 0 Å². The molecule has 2 aliphatic heterocycles. The van der Waals surface area contributed by atoms with Crippen LogP contribution in [0.2, 0.25) is 10.0 Å². The fraction of sp³-hybridized carbons (Fsp3) is 0.333. The summed E-state index contributed by atoms with van der Waals surface area (Å²) in [5.41, 5.74) is 2.69. The standard InChI is InChI=1S/C27H27Cl2N5O3/c28-24-3-2-22(16-25(24)29)34-10-7-23(18-34)37-27(35)31-20-1-4-26(19(15-20)17-30)33-8-5-21(6-9-33)32-11-13-36-14-12-32/h1-4,7,10,15-16,18,21H,5-6,8-9,11-14H2,(H,31,35). The Morgan fingerprint density at radius 1 is 1.03 bits per heavy atom. The summed E-state index contributed by atoms with van der Waals surface area (Å²) >= 11 is 12.1. The number of nitrogens with one attached hydrogen (secondary N) is 1. The number of nitrogens with zero attached hydrogens (tertiary/aromatic N) is 4. The molecule has 2 aliphatic rings. The van der Waals surface area contributed by atoms with Gasteiger partial charge in [0.15, 0.2) is 5.75 Å². The van der Waals surface area contributed by atoms with Gasteiger partial charge in [0.1, 0.15) is 6.07 Å². The van der Waals surface area contributed by atoms with Gasteiger partial charge in [0.25, 0.3) is 0 Å². The van der Waals surface area contributed by atoms with E-state index in [0.29, 0.717) is 33.1 Å². The molecule has 10 heteroatoms. The maximum atomic E-state index is 12.5. The summed E-state index contributed by atoms with van der Waals surface area (Å²) in [6, 6.07) is 15.1. The monoisotopic (exact) mass is 539 g/mol. The molecule has 0 radical (unpaired) electrons. The van der Waals surface area contributed by atoms with Crippen LogP contribution < -0.4 is 15.0 Å². The third-order valence-corrected chi connectivity index (χ3v) is 7.55. The van der Waals surface area contributed by atoms with Crippen LogP contribution in [0.15, 0.2) is 54.9 Å². The maximum absolute atomic E-state index is 12.5. The molecular weight excluding hydrogens is 513 g/mol. The molecule has 2 aromatic carbocycles. The number of piperidine rings is 1. The van der Waals surface area contributed by atoms with Crippen LogP contribution in [0.1, 0.15) is 18.4 Å². The number of halogens is 2. The number of morpholine rings is 1. The van der Waals surface area contributed by atoms with Crippen molar-refractivity contribution in [2.75, 3.05) is 49.6 Å². The van der Waals surface area contributed by atoms with Gasteiger partial charge in [-0.25, -0.2) is 4.79 Å². The van der Waals surface area contributed by atoms with Crippen LogP contribution in [-0.4, -0.2) is 61.0 Å². The number of nitriles is 1. The lowest BCUT2D eigenvalue weighted by Crippen LogP contribution is -2.49. The zero-order chi connectivity index (χ0) is 25.8. The van der Waals surface area contributed by atoms with Gasteiger partial charge in [0, 0.05) is 49.8 Å². The van der Waals surface area contributed by atoms with Crippen molar-refractivity contribution in [1.82, 2.24) is 9.47 Å². The van der Waals surface area contributed by atoms with Gasteiger partial charge in [-0.15, -0.1) is 0 Å². The molecule has 3 heterocycles.